The van der Waals surface area contributed by atoms with Gasteiger partial charge in [0, 0.05) is 12.1 Å². The molecule has 0 atom stereocenters. The molecule has 3 rings (SSSR count). The molecular formula is C20H19NO4. The van der Waals surface area contributed by atoms with E-state index in [0.29, 0.717) is 6.42 Å². The lowest BCUT2D eigenvalue weighted by Crippen LogP contribution is -2.20. The molecule has 0 fully saturated rings. The lowest BCUT2D eigenvalue weighted by molar-refractivity contribution is 0.0524. The third-order valence-electron chi connectivity index (χ3n) is 3.97. The summed E-state index contributed by atoms with van der Waals surface area (Å²) < 4.78 is 10.1. The van der Waals surface area contributed by atoms with Crippen LogP contribution in [0, 0.1) is 0 Å². The highest BCUT2D eigenvalue weighted by Crippen LogP contribution is 2.22. The van der Waals surface area contributed by atoms with E-state index in [1.807, 2.05) is 30.3 Å². The van der Waals surface area contributed by atoms with E-state index in [9.17, 15) is 9.59 Å². The summed E-state index contributed by atoms with van der Waals surface area (Å²) in [4.78, 5) is 26.5. The third kappa shape index (κ3) is 3.71. The van der Waals surface area contributed by atoms with Gasteiger partial charge in [-0.15, -0.1) is 0 Å². The maximum absolute atomic E-state index is 12.1. The molecule has 1 N–H and O–H groups in total. The molecule has 2 aromatic carbocycles. The number of hydrogen-bond donors (Lipinski definition) is 1. The summed E-state index contributed by atoms with van der Waals surface area (Å²) in [5, 5.41) is 2.19. The van der Waals surface area contributed by atoms with Crippen molar-refractivity contribution in [3.8, 4) is 5.75 Å². The fourth-order valence-electron chi connectivity index (χ4n) is 2.72. The molecule has 0 spiro atoms. The maximum Gasteiger partial charge on any atom is 0.343 e. The van der Waals surface area contributed by atoms with Gasteiger partial charge in [-0.2, -0.15) is 0 Å². The molecule has 0 aliphatic carbocycles. The van der Waals surface area contributed by atoms with Crippen LogP contribution in [0.5, 0.6) is 5.75 Å². The third-order valence-corrected chi connectivity index (χ3v) is 3.97. The highest BCUT2D eigenvalue weighted by Gasteiger charge is 2.11. The minimum absolute atomic E-state index is 0.0243. The number of fused-ring (bicyclic) bond motifs is 1. The Kier molecular flexibility index (Phi) is 4.84. The van der Waals surface area contributed by atoms with Gasteiger partial charge in [0.05, 0.1) is 13.7 Å². The fourth-order valence-corrected chi connectivity index (χ4v) is 2.72. The summed E-state index contributed by atoms with van der Waals surface area (Å²) in [5.74, 6) is 0.217. The van der Waals surface area contributed by atoms with Crippen LogP contribution < -0.4 is 10.3 Å². The second-order valence-corrected chi connectivity index (χ2v) is 5.67. The summed E-state index contributed by atoms with van der Waals surface area (Å²) in [6.45, 7) is 1.94. The molecule has 128 valence electrons. The van der Waals surface area contributed by atoms with Crippen molar-refractivity contribution in [2.45, 2.75) is 13.3 Å². The molecule has 5 nitrogen and oxygen atoms in total. The van der Waals surface area contributed by atoms with Gasteiger partial charge in [0.25, 0.3) is 5.56 Å². The van der Waals surface area contributed by atoms with Crippen molar-refractivity contribution in [1.29, 1.82) is 0 Å². The first kappa shape index (κ1) is 16.8. The fraction of sp³-hybridized carbons (Fsp3) is 0.200. The largest absolute Gasteiger partial charge is 0.497 e. The Labute approximate surface area is 145 Å². The molecule has 0 amide bonds. The van der Waals surface area contributed by atoms with Crippen LogP contribution in [0.2, 0.25) is 0 Å². The molecule has 0 aliphatic heterocycles. The Morgan fingerprint density at radius 2 is 1.80 bits per heavy atom. The van der Waals surface area contributed by atoms with Gasteiger partial charge in [-0.1, -0.05) is 24.3 Å². The monoisotopic (exact) mass is 337 g/mol. The van der Waals surface area contributed by atoms with Crippen LogP contribution in [0.4, 0.5) is 0 Å². The van der Waals surface area contributed by atoms with Gasteiger partial charge in [-0.25, -0.2) is 4.79 Å². The van der Waals surface area contributed by atoms with E-state index in [0.717, 1.165) is 27.8 Å². The van der Waals surface area contributed by atoms with Gasteiger partial charge in [-0.3, -0.25) is 4.79 Å². The normalized spacial score (nSPS) is 10.6. The molecule has 1 heterocycles. The minimum atomic E-state index is -0.602. The molecular weight excluding hydrogens is 318 g/mol. The quantitative estimate of drug-likeness (QED) is 0.725. The summed E-state index contributed by atoms with van der Waals surface area (Å²) in [6, 6.07) is 15.3. The number of ether oxygens (including phenoxy) is 2. The SMILES string of the molecule is CCOC(=O)c1ccc(Cc2ccc3cc(OC)ccc3c2)[nH]c1=O. The second-order valence-electron chi connectivity index (χ2n) is 5.67. The maximum atomic E-state index is 12.1. The number of esters is 1. The van der Waals surface area contributed by atoms with Crippen LogP contribution in [-0.2, 0) is 11.2 Å². The topological polar surface area (TPSA) is 68.4 Å². The number of carbonyl (C=O) groups is 1. The molecule has 25 heavy (non-hydrogen) atoms. The summed E-state index contributed by atoms with van der Waals surface area (Å²) >= 11 is 0. The van der Waals surface area contributed by atoms with E-state index >= 15 is 0 Å². The zero-order valence-corrected chi connectivity index (χ0v) is 14.2. The number of carbonyl (C=O) groups excluding carboxylic acids is 1. The van der Waals surface area contributed by atoms with Crippen LogP contribution in [-0.4, -0.2) is 24.7 Å². The Bertz CT molecular complexity index is 975. The predicted octanol–water partition coefficient (Wildman–Crippen LogP) is 3.30. The van der Waals surface area contributed by atoms with Crippen molar-refractivity contribution in [3.05, 3.63) is 75.7 Å². The number of pyridine rings is 1. The summed E-state index contributed by atoms with van der Waals surface area (Å²) in [6.07, 6.45) is 0.570. The number of rotatable bonds is 5. The van der Waals surface area contributed by atoms with Gasteiger partial charge in [0.1, 0.15) is 11.3 Å². The molecule has 0 unspecified atom stereocenters. The molecule has 5 heteroatoms. The number of aromatic amines is 1. The van der Waals surface area contributed by atoms with Gasteiger partial charge in [0.15, 0.2) is 0 Å². The number of aromatic nitrogens is 1. The Morgan fingerprint density at radius 1 is 1.04 bits per heavy atom. The lowest BCUT2D eigenvalue weighted by atomic mass is 10.0. The summed E-state index contributed by atoms with van der Waals surface area (Å²) in [5.41, 5.74) is 1.40. The highest BCUT2D eigenvalue weighted by molar-refractivity contribution is 5.89. The number of nitrogens with one attached hydrogen (secondary N) is 1. The molecule has 0 bridgehead atoms. The van der Waals surface area contributed by atoms with E-state index in [4.69, 9.17) is 9.47 Å². The zero-order valence-electron chi connectivity index (χ0n) is 14.2. The van der Waals surface area contributed by atoms with Crippen LogP contribution >= 0.6 is 0 Å². The first-order valence-electron chi connectivity index (χ1n) is 8.06. The Morgan fingerprint density at radius 3 is 2.52 bits per heavy atom. The average molecular weight is 337 g/mol. The van der Waals surface area contributed by atoms with Crippen molar-refractivity contribution in [2.24, 2.45) is 0 Å². The molecule has 0 saturated heterocycles. The van der Waals surface area contributed by atoms with Crippen molar-refractivity contribution in [2.75, 3.05) is 13.7 Å². The van der Waals surface area contributed by atoms with E-state index in [1.165, 1.54) is 6.07 Å². The lowest BCUT2D eigenvalue weighted by Gasteiger charge is -2.07. The van der Waals surface area contributed by atoms with Crippen LogP contribution in [0.3, 0.4) is 0 Å². The Hall–Kier alpha value is -3.08. The number of benzene rings is 2. The van der Waals surface area contributed by atoms with Crippen LogP contribution in [0.25, 0.3) is 10.8 Å². The molecule has 0 aliphatic rings. The van der Waals surface area contributed by atoms with Gasteiger partial charge >= 0.3 is 5.97 Å². The van der Waals surface area contributed by atoms with Crippen molar-refractivity contribution < 1.29 is 14.3 Å². The average Bonchev–Trinajstić information content (AvgIpc) is 2.61. The van der Waals surface area contributed by atoms with E-state index in [-0.39, 0.29) is 12.2 Å². The van der Waals surface area contributed by atoms with Gasteiger partial charge < -0.3 is 14.5 Å². The smallest absolute Gasteiger partial charge is 0.343 e. The zero-order chi connectivity index (χ0) is 17.8. The van der Waals surface area contributed by atoms with E-state index in [2.05, 4.69) is 11.1 Å². The standard InChI is InChI=1S/C20H19NO4/c1-3-25-20(23)18-9-7-16(21-19(18)22)11-13-4-5-15-12-17(24-2)8-6-14(15)10-13/h4-10,12H,3,11H2,1-2H3,(H,21,22). The number of hydrogen-bond acceptors (Lipinski definition) is 4. The number of methoxy groups -OCH3 is 1. The van der Waals surface area contributed by atoms with Crippen LogP contribution in [0.1, 0.15) is 28.5 Å². The molecule has 0 saturated carbocycles. The first-order valence-corrected chi connectivity index (χ1v) is 8.06. The van der Waals surface area contributed by atoms with Crippen molar-refractivity contribution >= 4 is 16.7 Å². The summed E-state index contributed by atoms with van der Waals surface area (Å²) in [7, 11) is 1.64. The molecule has 3 aromatic rings. The molecule has 1 aromatic heterocycles. The van der Waals surface area contributed by atoms with E-state index < -0.39 is 11.5 Å². The minimum Gasteiger partial charge on any atom is -0.497 e. The first-order chi connectivity index (χ1) is 12.1. The second kappa shape index (κ2) is 7.21. The van der Waals surface area contributed by atoms with Gasteiger partial charge in [-0.05, 0) is 47.5 Å². The van der Waals surface area contributed by atoms with Crippen molar-refractivity contribution in [3.63, 3.8) is 0 Å². The number of H-pyrrole nitrogens is 1. The predicted molar refractivity (Wildman–Crippen MR) is 96.3 cm³/mol. The van der Waals surface area contributed by atoms with E-state index in [1.54, 1.807) is 20.1 Å². The van der Waals surface area contributed by atoms with Gasteiger partial charge in [0.2, 0.25) is 0 Å². The highest BCUT2D eigenvalue weighted by atomic mass is 16.5. The Balaban J connectivity index is 1.84. The van der Waals surface area contributed by atoms with Crippen LogP contribution in [0.15, 0.2) is 53.3 Å². The molecule has 0 radical (unpaired) electrons. The van der Waals surface area contributed by atoms with Crippen molar-refractivity contribution in [1.82, 2.24) is 4.98 Å².